The van der Waals surface area contributed by atoms with Crippen molar-refractivity contribution in [3.8, 4) is 0 Å². The summed E-state index contributed by atoms with van der Waals surface area (Å²) in [4.78, 5) is 0. The first-order chi connectivity index (χ1) is 11.9. The molecule has 1 atom stereocenters. The zero-order chi connectivity index (χ0) is 19.2. The normalized spacial score (nSPS) is 14.0. The smallest absolute Gasteiger partial charge is 0.370 e. The van der Waals surface area contributed by atoms with Crippen LogP contribution >= 0.6 is 0 Å². The quantitative estimate of drug-likeness (QED) is 0.199. The molecule has 0 aliphatic rings. The molecule has 0 bridgehead atoms. The monoisotopic (exact) mass is 376 g/mol. The molecule has 0 amide bonds. The van der Waals surface area contributed by atoms with Crippen molar-refractivity contribution in [3.63, 3.8) is 0 Å². The van der Waals surface area contributed by atoms with Gasteiger partial charge in [-0.05, 0) is 33.6 Å². The second-order valence-corrected chi connectivity index (χ2v) is 10.2. The molecular weight excluding hydrogens is 330 g/mol. The van der Waals surface area contributed by atoms with Gasteiger partial charge >= 0.3 is 8.80 Å². The van der Waals surface area contributed by atoms with Crippen molar-refractivity contribution in [1.82, 2.24) is 0 Å². The van der Waals surface area contributed by atoms with Crippen LogP contribution in [-0.4, -0.2) is 59.4 Å². The summed E-state index contributed by atoms with van der Waals surface area (Å²) in [6, 6.07) is 0. The molecule has 0 aliphatic carbocycles. The Hall–Kier alpha value is 0.0569. The molecule has 5 heteroatoms. The van der Waals surface area contributed by atoms with Crippen LogP contribution in [0.4, 0.5) is 0 Å². The summed E-state index contributed by atoms with van der Waals surface area (Å²) < 4.78 is 19.5. The molecule has 0 aromatic carbocycles. The van der Waals surface area contributed by atoms with Crippen molar-refractivity contribution in [1.29, 1.82) is 0 Å². The third kappa shape index (κ3) is 9.00. The first-order valence-electron chi connectivity index (χ1n) is 10.7. The fraction of sp³-hybridized carbons (Fsp3) is 1.00. The van der Waals surface area contributed by atoms with E-state index in [4.69, 9.17) is 13.3 Å². The van der Waals surface area contributed by atoms with Crippen LogP contribution in [0, 0.1) is 0 Å². The minimum absolute atomic E-state index is 0.299. The Balaban J connectivity index is 4.80. The maximum Gasteiger partial charge on any atom is 0.562 e. The summed E-state index contributed by atoms with van der Waals surface area (Å²) in [5.41, 5.74) is 0.299. The van der Waals surface area contributed by atoms with Crippen LogP contribution in [0.2, 0.25) is 0 Å². The van der Waals surface area contributed by atoms with Crippen molar-refractivity contribution in [2.75, 3.05) is 40.5 Å². The van der Waals surface area contributed by atoms with Gasteiger partial charge in [0.1, 0.15) is 0 Å². The zero-order valence-corrected chi connectivity index (χ0v) is 19.2. The highest BCUT2D eigenvalue weighted by Gasteiger charge is 2.56. The van der Waals surface area contributed by atoms with Gasteiger partial charge in [0.25, 0.3) is 0 Å². The first kappa shape index (κ1) is 25.1. The topological polar surface area (TPSA) is 27.7 Å². The maximum absolute atomic E-state index is 6.20. The summed E-state index contributed by atoms with van der Waals surface area (Å²) in [5.74, 6) is 0. The molecule has 0 spiro atoms. The lowest BCUT2D eigenvalue weighted by molar-refractivity contribution is -0.906. The van der Waals surface area contributed by atoms with Crippen LogP contribution in [0.5, 0.6) is 0 Å². The minimum atomic E-state index is -2.67. The Kier molecular flexibility index (Phi) is 14.2. The largest absolute Gasteiger partial charge is 0.562 e. The molecule has 0 saturated carbocycles. The molecule has 0 aliphatic heterocycles. The van der Waals surface area contributed by atoms with Gasteiger partial charge in [0.2, 0.25) is 0 Å². The Bertz CT molecular complexity index is 296. The van der Waals surface area contributed by atoms with E-state index in [2.05, 4.69) is 27.9 Å². The summed E-state index contributed by atoms with van der Waals surface area (Å²) in [5, 5.41) is 0. The Labute approximate surface area is 159 Å². The molecule has 1 unspecified atom stereocenters. The van der Waals surface area contributed by atoms with Gasteiger partial charge in [0, 0.05) is 26.2 Å². The number of nitrogens with zero attached hydrogens (tertiary/aromatic N) is 1. The number of hydrogen-bond donors (Lipinski definition) is 0. The average molecular weight is 377 g/mol. The molecular formula is C20H46NO3Si+. The van der Waals surface area contributed by atoms with Gasteiger partial charge in [0.15, 0.2) is 5.67 Å². The third-order valence-electron chi connectivity index (χ3n) is 5.01. The lowest BCUT2D eigenvalue weighted by atomic mass is 10.1. The molecule has 25 heavy (non-hydrogen) atoms. The number of rotatable bonds is 17. The van der Waals surface area contributed by atoms with Crippen LogP contribution in [0.25, 0.3) is 0 Å². The van der Waals surface area contributed by atoms with Gasteiger partial charge in [0.05, 0.1) is 20.6 Å². The lowest BCUT2D eigenvalue weighted by Gasteiger charge is -2.44. The zero-order valence-electron chi connectivity index (χ0n) is 18.2. The van der Waals surface area contributed by atoms with Crippen molar-refractivity contribution < 1.29 is 17.8 Å². The van der Waals surface area contributed by atoms with E-state index in [0.29, 0.717) is 25.5 Å². The second-order valence-electron chi connectivity index (χ2n) is 7.45. The van der Waals surface area contributed by atoms with Crippen molar-refractivity contribution >= 4 is 8.80 Å². The molecule has 0 N–H and O–H groups in total. The Morgan fingerprint density at radius 1 is 0.680 bits per heavy atom. The van der Waals surface area contributed by atoms with Crippen molar-refractivity contribution in [3.05, 3.63) is 0 Å². The van der Waals surface area contributed by atoms with E-state index >= 15 is 0 Å². The van der Waals surface area contributed by atoms with Crippen LogP contribution in [0.1, 0.15) is 86.0 Å². The molecule has 0 aromatic heterocycles. The first-order valence-corrected chi connectivity index (χ1v) is 12.5. The fourth-order valence-corrected chi connectivity index (χ4v) is 7.34. The van der Waals surface area contributed by atoms with E-state index in [1.54, 1.807) is 0 Å². The summed E-state index contributed by atoms with van der Waals surface area (Å²) in [7, 11) is 1.97. The molecule has 0 rings (SSSR count). The van der Waals surface area contributed by atoms with Crippen LogP contribution < -0.4 is 0 Å². The highest BCUT2D eigenvalue weighted by atomic mass is 28.4. The summed E-state index contributed by atoms with van der Waals surface area (Å²) in [6.45, 7) is 13.8. The van der Waals surface area contributed by atoms with Gasteiger partial charge < -0.3 is 17.8 Å². The fourth-order valence-electron chi connectivity index (χ4n) is 3.82. The van der Waals surface area contributed by atoms with E-state index < -0.39 is 8.80 Å². The number of quaternary nitrogens is 1. The van der Waals surface area contributed by atoms with E-state index in [9.17, 15) is 0 Å². The summed E-state index contributed by atoms with van der Waals surface area (Å²) in [6.07, 6.45) is 10.5. The Morgan fingerprint density at radius 2 is 1.12 bits per heavy atom. The van der Waals surface area contributed by atoms with Crippen molar-refractivity contribution in [2.24, 2.45) is 0 Å². The summed E-state index contributed by atoms with van der Waals surface area (Å²) >= 11 is 0. The predicted molar refractivity (Wildman–Crippen MR) is 110 cm³/mol. The van der Waals surface area contributed by atoms with Gasteiger partial charge in [-0.15, -0.1) is 0 Å². The van der Waals surface area contributed by atoms with E-state index in [1.165, 1.54) is 44.9 Å². The SMILES string of the molecule is CCCCCCCCC[N+](C)(C)C(CC)[Si](OCC)(OCC)OCC. The predicted octanol–water partition coefficient (Wildman–Crippen LogP) is 5.18. The number of hydrogen-bond acceptors (Lipinski definition) is 3. The van der Waals surface area contributed by atoms with Crippen molar-refractivity contribution in [2.45, 2.75) is 91.7 Å². The molecule has 0 aromatic rings. The van der Waals surface area contributed by atoms with Crippen LogP contribution in [0.15, 0.2) is 0 Å². The van der Waals surface area contributed by atoms with Gasteiger partial charge in [-0.1, -0.05) is 46.0 Å². The molecule has 4 nitrogen and oxygen atoms in total. The van der Waals surface area contributed by atoms with E-state index in [0.717, 1.165) is 17.4 Å². The highest BCUT2D eigenvalue weighted by Crippen LogP contribution is 2.27. The molecule has 0 fully saturated rings. The lowest BCUT2D eigenvalue weighted by Crippen LogP contribution is -2.68. The molecule has 0 radical (unpaired) electrons. The van der Waals surface area contributed by atoms with E-state index in [-0.39, 0.29) is 0 Å². The highest BCUT2D eigenvalue weighted by molar-refractivity contribution is 6.62. The van der Waals surface area contributed by atoms with Gasteiger partial charge in [-0.25, -0.2) is 0 Å². The molecule has 0 saturated heterocycles. The van der Waals surface area contributed by atoms with E-state index in [1.807, 2.05) is 20.8 Å². The average Bonchev–Trinajstić information content (AvgIpc) is 2.55. The van der Waals surface area contributed by atoms with Gasteiger partial charge in [-0.2, -0.15) is 0 Å². The standard InChI is InChI=1S/C20H46NO3Si/c1-8-13-14-15-16-17-18-19-21(6,7)20(9-2)25(22-10-3,23-11-4)24-12-5/h20H,8-19H2,1-7H3/q+1. The molecule has 0 heterocycles. The Morgan fingerprint density at radius 3 is 1.52 bits per heavy atom. The molecule has 152 valence electrons. The minimum Gasteiger partial charge on any atom is -0.370 e. The van der Waals surface area contributed by atoms with Gasteiger partial charge in [-0.3, -0.25) is 0 Å². The van der Waals surface area contributed by atoms with Crippen LogP contribution in [0.3, 0.4) is 0 Å². The van der Waals surface area contributed by atoms with Crippen LogP contribution in [-0.2, 0) is 13.3 Å². The second kappa shape index (κ2) is 14.2. The maximum atomic E-state index is 6.20. The third-order valence-corrected chi connectivity index (χ3v) is 9.01. The number of unbranched alkanes of at least 4 members (excludes halogenated alkanes) is 6.